The molecule has 32 heavy (non-hydrogen) atoms. The van der Waals surface area contributed by atoms with Crippen LogP contribution in [0, 0.1) is 0 Å². The van der Waals surface area contributed by atoms with Gasteiger partial charge in [0, 0.05) is 20.6 Å². The lowest BCUT2D eigenvalue weighted by molar-refractivity contribution is -0.134. The molecule has 0 aromatic rings. The van der Waals surface area contributed by atoms with Gasteiger partial charge in [-0.2, -0.15) is 0 Å². The molecule has 0 spiro atoms. The van der Waals surface area contributed by atoms with E-state index >= 15 is 0 Å². The number of aliphatic hydroxyl groups excluding tert-OH is 1. The van der Waals surface area contributed by atoms with E-state index < -0.39 is 9.76 Å². The number of carbonyl (C=O) groups is 1. The van der Waals surface area contributed by atoms with E-state index in [1.54, 1.807) is 14.2 Å². The number of thiocarbonyl (C=S) groups is 1. The highest BCUT2D eigenvalue weighted by molar-refractivity contribution is 7.78. The molecule has 0 rings (SSSR count). The summed E-state index contributed by atoms with van der Waals surface area (Å²) in [5.41, 5.74) is 0.583. The number of rotatable bonds is 23. The Balaban J connectivity index is 0. The molecule has 1 N–H and O–H groups in total. The second kappa shape index (κ2) is 30.5. The van der Waals surface area contributed by atoms with Gasteiger partial charge in [-0.05, 0) is 37.5 Å². The Labute approximate surface area is 206 Å². The highest BCUT2D eigenvalue weighted by atomic mass is 32.1. The van der Waals surface area contributed by atoms with Crippen LogP contribution in [0.15, 0.2) is 0 Å². The van der Waals surface area contributed by atoms with E-state index in [2.05, 4.69) is 19.1 Å². The van der Waals surface area contributed by atoms with Gasteiger partial charge in [0.25, 0.3) is 5.97 Å². The minimum absolute atomic E-state index is 0.0201. The van der Waals surface area contributed by atoms with Crippen molar-refractivity contribution in [2.24, 2.45) is 0 Å². The molecule has 5 nitrogen and oxygen atoms in total. The maximum atomic E-state index is 11.6. The fourth-order valence-corrected chi connectivity index (χ4v) is 4.86. The van der Waals surface area contributed by atoms with Gasteiger partial charge in [0.2, 0.25) is 9.76 Å². The number of ether oxygens (including phenoxy) is 2. The molecule has 0 aromatic heterocycles. The summed E-state index contributed by atoms with van der Waals surface area (Å²) in [5.74, 6) is 0.0573. The monoisotopic (exact) mass is 492 g/mol. The first-order chi connectivity index (χ1) is 15.7. The minimum atomic E-state index is -0.577. The molecular formula is C25H52O5SSi. The minimum Gasteiger partial charge on any atom is -0.525 e. The first-order valence-electron chi connectivity index (χ1n) is 12.9. The van der Waals surface area contributed by atoms with Crippen LogP contribution in [0.25, 0.3) is 0 Å². The molecule has 0 saturated heterocycles. The van der Waals surface area contributed by atoms with E-state index in [-0.39, 0.29) is 12.3 Å². The predicted octanol–water partition coefficient (Wildman–Crippen LogP) is 7.19. The summed E-state index contributed by atoms with van der Waals surface area (Å²) >= 11 is 3.82. The van der Waals surface area contributed by atoms with Crippen molar-refractivity contribution in [1.29, 1.82) is 0 Å². The predicted molar refractivity (Wildman–Crippen MR) is 142 cm³/mol. The van der Waals surface area contributed by atoms with Crippen molar-refractivity contribution < 1.29 is 23.8 Å². The van der Waals surface area contributed by atoms with Crippen molar-refractivity contribution >= 4 is 33.5 Å². The summed E-state index contributed by atoms with van der Waals surface area (Å²) in [6.07, 6.45) is 22.3. The zero-order valence-electron chi connectivity index (χ0n) is 21.3. The normalized spacial score (nSPS) is 11.0. The van der Waals surface area contributed by atoms with Crippen LogP contribution in [-0.2, 0) is 18.7 Å². The van der Waals surface area contributed by atoms with Crippen LogP contribution >= 0.6 is 12.2 Å². The van der Waals surface area contributed by atoms with Gasteiger partial charge in [-0.25, -0.2) is 0 Å². The van der Waals surface area contributed by atoms with E-state index in [1.165, 1.54) is 96.3 Å². The quantitative estimate of drug-likeness (QED) is 0.0704. The van der Waals surface area contributed by atoms with Crippen LogP contribution in [0.4, 0.5) is 0 Å². The average Bonchev–Trinajstić information content (AvgIpc) is 2.79. The van der Waals surface area contributed by atoms with Gasteiger partial charge in [-0.15, -0.1) is 0 Å². The maximum absolute atomic E-state index is 11.6. The molecule has 0 saturated carbocycles. The van der Waals surface area contributed by atoms with Crippen LogP contribution in [0.2, 0.25) is 6.04 Å². The molecule has 192 valence electrons. The topological polar surface area (TPSA) is 65.0 Å². The van der Waals surface area contributed by atoms with E-state index in [0.29, 0.717) is 12.0 Å². The Bertz CT molecular complexity index is 381. The van der Waals surface area contributed by atoms with Gasteiger partial charge in [0.05, 0.1) is 0 Å². The first kappa shape index (κ1) is 33.7. The molecule has 0 fully saturated rings. The number of aliphatic hydroxyl groups is 1. The number of unbranched alkanes of at least 4 members (excludes halogenated alkanes) is 14. The summed E-state index contributed by atoms with van der Waals surface area (Å²) in [4.78, 5) is 11.6. The number of hydrogen-bond acceptors (Lipinski definition) is 5. The van der Waals surface area contributed by atoms with E-state index in [1.807, 2.05) is 0 Å². The molecule has 0 aromatic carbocycles. The van der Waals surface area contributed by atoms with Crippen molar-refractivity contribution in [2.75, 3.05) is 14.2 Å². The molecule has 7 heteroatoms. The largest absolute Gasteiger partial charge is 0.525 e. The number of hydrogen-bond donors (Lipinski definition) is 1. The lowest BCUT2D eigenvalue weighted by atomic mass is 10.0. The summed E-state index contributed by atoms with van der Waals surface area (Å²) in [6, 6.07) is 1.15. The standard InChI is InChI=1S/C24H50O4Si.CH2OS/c1-4-5-22-29-28-23(25)20-18-16-14-12-10-8-6-7-9-11-13-15-17-19-21-24(26-2)27-3;2-1-3/h24H,4-22,29H2,1-3H3;1H,(H,2,3). The fraction of sp³-hybridized carbons (Fsp3) is 0.920. The molecule has 0 bridgehead atoms. The van der Waals surface area contributed by atoms with Gasteiger partial charge in [-0.3, -0.25) is 4.79 Å². The average molecular weight is 493 g/mol. The van der Waals surface area contributed by atoms with Gasteiger partial charge < -0.3 is 19.0 Å². The maximum Gasteiger partial charge on any atom is 0.292 e. The Morgan fingerprint density at radius 2 is 1.22 bits per heavy atom. The van der Waals surface area contributed by atoms with Crippen molar-refractivity contribution in [3.63, 3.8) is 0 Å². The first-order valence-corrected chi connectivity index (χ1v) is 15.0. The van der Waals surface area contributed by atoms with Gasteiger partial charge >= 0.3 is 0 Å². The molecule has 0 atom stereocenters. The van der Waals surface area contributed by atoms with E-state index in [0.717, 1.165) is 18.9 Å². The summed E-state index contributed by atoms with van der Waals surface area (Å²) < 4.78 is 15.8. The zero-order valence-corrected chi connectivity index (χ0v) is 23.5. The Morgan fingerprint density at radius 3 is 1.62 bits per heavy atom. The van der Waals surface area contributed by atoms with Crippen molar-refractivity contribution in [3.8, 4) is 0 Å². The van der Waals surface area contributed by atoms with Gasteiger partial charge in [-0.1, -0.05) is 96.8 Å². The van der Waals surface area contributed by atoms with E-state index in [9.17, 15) is 4.79 Å². The summed E-state index contributed by atoms with van der Waals surface area (Å²) in [7, 11) is 2.85. The SMILES string of the molecule is CCCC[SiH2]OC(=O)CCCCCCCCCCCCCCCCC(OC)OC.OC=S. The Hall–Kier alpha value is -0.503. The second-order valence-corrected chi connectivity index (χ2v) is 10.0. The summed E-state index contributed by atoms with van der Waals surface area (Å²) in [5, 5.41) is 7.26. The van der Waals surface area contributed by atoms with Crippen molar-refractivity contribution in [1.82, 2.24) is 0 Å². The lowest BCUT2D eigenvalue weighted by Crippen LogP contribution is -2.12. The van der Waals surface area contributed by atoms with Crippen LogP contribution in [0.3, 0.4) is 0 Å². The Morgan fingerprint density at radius 1 is 0.812 bits per heavy atom. The van der Waals surface area contributed by atoms with Gasteiger partial charge in [0.1, 0.15) is 5.55 Å². The summed E-state index contributed by atoms with van der Waals surface area (Å²) in [6.45, 7) is 2.18. The van der Waals surface area contributed by atoms with Crippen molar-refractivity contribution in [3.05, 3.63) is 0 Å². The van der Waals surface area contributed by atoms with Crippen LogP contribution in [0.5, 0.6) is 0 Å². The molecule has 0 aliphatic heterocycles. The van der Waals surface area contributed by atoms with Crippen LogP contribution < -0.4 is 0 Å². The molecule has 0 radical (unpaired) electrons. The molecule has 0 aliphatic rings. The highest BCUT2D eigenvalue weighted by Gasteiger charge is 2.04. The molecule has 0 amide bonds. The third-order valence-electron chi connectivity index (χ3n) is 5.61. The molecular weight excluding hydrogens is 440 g/mol. The van der Waals surface area contributed by atoms with Gasteiger partial charge in [0.15, 0.2) is 6.29 Å². The van der Waals surface area contributed by atoms with Crippen LogP contribution in [0.1, 0.15) is 122 Å². The molecule has 0 unspecified atom stereocenters. The second-order valence-electron chi connectivity index (χ2n) is 8.42. The molecule has 0 heterocycles. The fourth-order valence-electron chi connectivity index (χ4n) is 3.64. The number of methoxy groups -OCH3 is 2. The number of carbonyl (C=O) groups excluding carboxylic acids is 1. The Kier molecular flexibility index (Phi) is 32.1. The lowest BCUT2D eigenvalue weighted by Gasteiger charge is -2.12. The zero-order chi connectivity index (χ0) is 24.1. The molecule has 0 aliphatic carbocycles. The highest BCUT2D eigenvalue weighted by Crippen LogP contribution is 2.14. The third-order valence-corrected chi connectivity index (χ3v) is 6.92. The van der Waals surface area contributed by atoms with E-state index in [4.69, 9.17) is 19.0 Å². The van der Waals surface area contributed by atoms with Crippen molar-refractivity contribution in [2.45, 2.75) is 135 Å². The smallest absolute Gasteiger partial charge is 0.292 e. The third kappa shape index (κ3) is 29.5. The van der Waals surface area contributed by atoms with Crippen LogP contribution in [-0.4, -0.2) is 46.9 Å².